The number of nitrogens with zero attached hydrogens (tertiary/aromatic N) is 2. The van der Waals surface area contributed by atoms with Crippen LogP contribution >= 0.6 is 0 Å². The summed E-state index contributed by atoms with van der Waals surface area (Å²) in [6.45, 7) is 4.02. The molecule has 0 saturated carbocycles. The van der Waals surface area contributed by atoms with E-state index in [4.69, 9.17) is 4.74 Å². The maximum absolute atomic E-state index is 12.9. The van der Waals surface area contributed by atoms with Gasteiger partial charge in [0.05, 0.1) is 6.04 Å². The third-order valence-corrected chi connectivity index (χ3v) is 6.73. The number of ether oxygens (including phenoxy) is 2. The number of hydrogen-bond acceptors (Lipinski definition) is 5. The van der Waals surface area contributed by atoms with Crippen LogP contribution in [-0.2, 0) is 6.42 Å². The number of piperazine rings is 1. The molecule has 1 saturated heterocycles. The summed E-state index contributed by atoms with van der Waals surface area (Å²) in [7, 11) is 2.11. The Morgan fingerprint density at radius 1 is 0.973 bits per heavy atom. The molecule has 3 aromatic rings. The van der Waals surface area contributed by atoms with E-state index >= 15 is 0 Å². The van der Waals surface area contributed by atoms with Gasteiger partial charge in [-0.1, -0.05) is 30.3 Å². The lowest BCUT2D eigenvalue weighted by Gasteiger charge is -2.37. The van der Waals surface area contributed by atoms with Gasteiger partial charge in [0, 0.05) is 55.0 Å². The third kappa shape index (κ3) is 5.83. The largest absolute Gasteiger partial charge is 0.573 e. The first-order valence-electron chi connectivity index (χ1n) is 12.2. The monoisotopic (exact) mass is 511 g/mol. The van der Waals surface area contributed by atoms with Crippen molar-refractivity contribution in [1.29, 1.82) is 0 Å². The van der Waals surface area contributed by atoms with Crippen LogP contribution in [0.3, 0.4) is 0 Å². The van der Waals surface area contributed by atoms with Gasteiger partial charge in [-0.15, -0.1) is 13.2 Å². The number of amides is 1. The molecule has 0 aliphatic carbocycles. The number of carbonyl (C=O) groups is 1. The molecule has 0 bridgehead atoms. The molecule has 0 spiro atoms. The van der Waals surface area contributed by atoms with E-state index in [1.54, 1.807) is 0 Å². The van der Waals surface area contributed by atoms with Crippen LogP contribution in [-0.4, -0.2) is 63.0 Å². The van der Waals surface area contributed by atoms with E-state index in [1.165, 1.54) is 12.1 Å². The Balaban J connectivity index is 1.37. The second kappa shape index (κ2) is 10.3. The van der Waals surface area contributed by atoms with Crippen LogP contribution in [0.2, 0.25) is 0 Å². The zero-order valence-electron chi connectivity index (χ0n) is 20.4. The minimum atomic E-state index is -4.78. The zero-order chi connectivity index (χ0) is 26.0. The summed E-state index contributed by atoms with van der Waals surface area (Å²) in [5.41, 5.74) is 4.48. The van der Waals surface area contributed by atoms with Crippen LogP contribution in [0, 0.1) is 0 Å². The van der Waals surface area contributed by atoms with Crippen molar-refractivity contribution in [3.63, 3.8) is 0 Å². The Bertz CT molecular complexity index is 1240. The van der Waals surface area contributed by atoms with Gasteiger partial charge in [0.2, 0.25) is 0 Å². The molecule has 0 radical (unpaired) electrons. The number of carbonyl (C=O) groups excluding carboxylic acids is 1. The Morgan fingerprint density at radius 3 is 2.35 bits per heavy atom. The molecular formula is C28H28F3N3O3. The van der Waals surface area contributed by atoms with Crippen molar-refractivity contribution in [3.05, 3.63) is 77.9 Å². The highest BCUT2D eigenvalue weighted by molar-refractivity contribution is 5.94. The molecule has 1 fully saturated rings. The van der Waals surface area contributed by atoms with Gasteiger partial charge >= 0.3 is 6.36 Å². The van der Waals surface area contributed by atoms with Crippen LogP contribution < -0.4 is 19.7 Å². The van der Waals surface area contributed by atoms with Gasteiger partial charge in [-0.2, -0.15) is 0 Å². The highest BCUT2D eigenvalue weighted by Gasteiger charge is 2.32. The molecule has 37 heavy (non-hydrogen) atoms. The molecule has 5 rings (SSSR count). The molecule has 2 heterocycles. The predicted octanol–water partition coefficient (Wildman–Crippen LogP) is 4.74. The summed E-state index contributed by atoms with van der Waals surface area (Å²) in [6.07, 6.45) is -4.20. The van der Waals surface area contributed by atoms with Crippen LogP contribution in [0.4, 0.5) is 18.9 Å². The van der Waals surface area contributed by atoms with Crippen molar-refractivity contribution in [1.82, 2.24) is 10.2 Å². The lowest BCUT2D eigenvalue weighted by atomic mass is 9.93. The van der Waals surface area contributed by atoms with Gasteiger partial charge in [-0.05, 0) is 49.0 Å². The molecule has 6 nitrogen and oxygen atoms in total. The number of nitrogens with one attached hydrogen (secondary N) is 1. The molecule has 2 aliphatic rings. The predicted molar refractivity (Wildman–Crippen MR) is 135 cm³/mol. The first kappa shape index (κ1) is 25.0. The number of fused-ring (bicyclic) bond motifs is 1. The zero-order valence-corrected chi connectivity index (χ0v) is 20.4. The van der Waals surface area contributed by atoms with Gasteiger partial charge in [0.1, 0.15) is 18.1 Å². The van der Waals surface area contributed by atoms with Gasteiger partial charge in [0.15, 0.2) is 0 Å². The number of hydrogen-bond donors (Lipinski definition) is 1. The quantitative estimate of drug-likeness (QED) is 0.537. The first-order chi connectivity index (χ1) is 17.8. The highest BCUT2D eigenvalue weighted by atomic mass is 19.4. The number of anilines is 1. The average molecular weight is 512 g/mol. The van der Waals surface area contributed by atoms with Crippen LogP contribution in [0.25, 0.3) is 11.1 Å². The average Bonchev–Trinajstić information content (AvgIpc) is 2.88. The summed E-state index contributed by atoms with van der Waals surface area (Å²) in [5.74, 6) is 0.0852. The number of alkyl halides is 3. The second-order valence-electron chi connectivity index (χ2n) is 9.35. The fourth-order valence-electron chi connectivity index (χ4n) is 4.83. The fraction of sp³-hybridized carbons (Fsp3) is 0.321. The van der Waals surface area contributed by atoms with Gasteiger partial charge in [-0.25, -0.2) is 0 Å². The van der Waals surface area contributed by atoms with Crippen molar-refractivity contribution >= 4 is 11.6 Å². The molecule has 1 amide bonds. The van der Waals surface area contributed by atoms with E-state index in [0.29, 0.717) is 13.0 Å². The number of rotatable bonds is 5. The molecule has 194 valence electrons. The lowest BCUT2D eigenvalue weighted by molar-refractivity contribution is -0.274. The SMILES string of the molecule is CN1CCN(c2ccc(-c3ccccc3)c3c2C[C@H](NC(=O)c2ccc(OC(F)(F)F)cc2)CO3)CC1. The van der Waals surface area contributed by atoms with E-state index < -0.39 is 6.36 Å². The van der Waals surface area contributed by atoms with E-state index in [0.717, 1.165) is 66.4 Å². The van der Waals surface area contributed by atoms with Crippen LogP contribution in [0.1, 0.15) is 15.9 Å². The molecule has 0 unspecified atom stereocenters. The standard InChI is InChI=1S/C28H28F3N3O3/c1-33-13-15-34(16-14-33)25-12-11-23(19-5-3-2-4-6-19)26-24(25)17-21(18-36-26)32-27(35)20-7-9-22(10-8-20)37-28(29,30)31/h2-12,21H,13-18H2,1H3,(H,32,35)/t21-/m0/s1. The van der Waals surface area contributed by atoms with E-state index in [2.05, 4.69) is 51.2 Å². The summed E-state index contributed by atoms with van der Waals surface area (Å²) < 4.78 is 47.5. The number of likely N-dealkylation sites (N-methyl/N-ethyl adjacent to an activating group) is 1. The van der Waals surface area contributed by atoms with Crippen molar-refractivity contribution in [2.75, 3.05) is 44.7 Å². The van der Waals surface area contributed by atoms with E-state index in [-0.39, 0.29) is 23.3 Å². The van der Waals surface area contributed by atoms with Gasteiger partial charge in [0.25, 0.3) is 5.91 Å². The number of halogens is 3. The first-order valence-corrected chi connectivity index (χ1v) is 12.2. The Morgan fingerprint density at radius 2 is 1.68 bits per heavy atom. The van der Waals surface area contributed by atoms with Crippen LogP contribution in [0.5, 0.6) is 11.5 Å². The van der Waals surface area contributed by atoms with Crippen molar-refractivity contribution in [2.45, 2.75) is 18.8 Å². The third-order valence-electron chi connectivity index (χ3n) is 6.73. The molecule has 1 N–H and O–H groups in total. The van der Waals surface area contributed by atoms with Crippen LogP contribution in [0.15, 0.2) is 66.7 Å². The topological polar surface area (TPSA) is 54.0 Å². The maximum atomic E-state index is 12.9. The molecule has 2 aliphatic heterocycles. The minimum absolute atomic E-state index is 0.248. The van der Waals surface area contributed by atoms with Crippen molar-refractivity contribution in [3.8, 4) is 22.6 Å². The van der Waals surface area contributed by atoms with E-state index in [9.17, 15) is 18.0 Å². The Labute approximate surface area is 213 Å². The summed E-state index contributed by atoms with van der Waals surface area (Å²) in [6, 6.07) is 18.9. The highest BCUT2D eigenvalue weighted by Crippen LogP contribution is 2.42. The molecule has 3 aromatic carbocycles. The number of benzene rings is 3. The molecule has 1 atom stereocenters. The Kier molecular flexibility index (Phi) is 6.97. The van der Waals surface area contributed by atoms with E-state index in [1.807, 2.05) is 18.2 Å². The summed E-state index contributed by atoms with van der Waals surface area (Å²) in [4.78, 5) is 17.5. The van der Waals surface area contributed by atoms with Crippen molar-refractivity contribution < 1.29 is 27.4 Å². The second-order valence-corrected chi connectivity index (χ2v) is 9.35. The summed E-state index contributed by atoms with van der Waals surface area (Å²) >= 11 is 0. The normalized spacial score (nSPS) is 18.1. The summed E-state index contributed by atoms with van der Waals surface area (Å²) in [5, 5.41) is 2.99. The molecule has 9 heteroatoms. The molecule has 0 aromatic heterocycles. The smallest absolute Gasteiger partial charge is 0.490 e. The fourth-order valence-corrected chi connectivity index (χ4v) is 4.83. The van der Waals surface area contributed by atoms with Gasteiger partial charge < -0.3 is 24.6 Å². The van der Waals surface area contributed by atoms with Crippen molar-refractivity contribution in [2.24, 2.45) is 0 Å². The molecular weight excluding hydrogens is 483 g/mol. The Hall–Kier alpha value is -3.72. The minimum Gasteiger partial charge on any atom is -0.490 e. The lowest BCUT2D eigenvalue weighted by Crippen LogP contribution is -2.46. The maximum Gasteiger partial charge on any atom is 0.573 e. The van der Waals surface area contributed by atoms with Gasteiger partial charge in [-0.3, -0.25) is 4.79 Å².